The number of ether oxygens (including phenoxy) is 3. The van der Waals surface area contributed by atoms with Gasteiger partial charge in [0.15, 0.2) is 0 Å². The minimum atomic E-state index is -0.163. The first-order chi connectivity index (χ1) is 17.5. The van der Waals surface area contributed by atoms with Crippen molar-refractivity contribution in [2.75, 3.05) is 19.8 Å². The molecule has 0 amide bonds. The van der Waals surface area contributed by atoms with Crippen molar-refractivity contribution < 1.29 is 14.2 Å². The Labute approximate surface area is 224 Å². The Hall–Kier alpha value is -2.78. The van der Waals surface area contributed by atoms with Crippen LogP contribution >= 0.6 is 0 Å². The molecule has 0 N–H and O–H groups in total. The summed E-state index contributed by atoms with van der Waals surface area (Å²) in [4.78, 5) is 0. The van der Waals surface area contributed by atoms with Crippen molar-refractivity contribution in [3.8, 4) is 5.75 Å². The molecule has 1 heterocycles. The third kappa shape index (κ3) is 6.76. The van der Waals surface area contributed by atoms with Crippen molar-refractivity contribution in [2.45, 2.75) is 77.7 Å². The molecule has 0 bridgehead atoms. The second-order valence-electron chi connectivity index (χ2n) is 12.5. The predicted molar refractivity (Wildman–Crippen MR) is 153 cm³/mol. The van der Waals surface area contributed by atoms with Crippen LogP contribution in [0, 0.1) is 5.41 Å². The van der Waals surface area contributed by atoms with Gasteiger partial charge in [-0.3, -0.25) is 0 Å². The second-order valence-corrected chi connectivity index (χ2v) is 12.5. The minimum Gasteiger partial charge on any atom is -0.501 e. The number of allylic oxidation sites excluding steroid dienone is 5. The van der Waals surface area contributed by atoms with Crippen LogP contribution in [0.4, 0.5) is 0 Å². The Balaban J connectivity index is 1.50. The maximum Gasteiger partial charge on any atom is 0.123 e. The Morgan fingerprint density at radius 2 is 1.62 bits per heavy atom. The van der Waals surface area contributed by atoms with E-state index in [-0.39, 0.29) is 16.4 Å². The summed E-state index contributed by atoms with van der Waals surface area (Å²) in [6.07, 6.45) is 12.9. The highest BCUT2D eigenvalue weighted by atomic mass is 16.6. The minimum absolute atomic E-state index is 0.108. The molecule has 3 heteroatoms. The second kappa shape index (κ2) is 10.5. The van der Waals surface area contributed by atoms with E-state index in [9.17, 15) is 0 Å². The van der Waals surface area contributed by atoms with E-state index in [0.29, 0.717) is 12.0 Å². The van der Waals surface area contributed by atoms with Crippen molar-refractivity contribution in [3.63, 3.8) is 0 Å². The number of hydrogen-bond acceptors (Lipinski definition) is 3. The van der Waals surface area contributed by atoms with Crippen LogP contribution in [0.15, 0.2) is 84.7 Å². The van der Waals surface area contributed by atoms with Gasteiger partial charge in [-0.1, -0.05) is 89.2 Å². The summed E-state index contributed by atoms with van der Waals surface area (Å²) in [6, 6.07) is 17.5. The normalized spacial score (nSPS) is 21.4. The first-order valence-electron chi connectivity index (χ1n) is 13.6. The summed E-state index contributed by atoms with van der Waals surface area (Å²) < 4.78 is 17.2. The zero-order valence-corrected chi connectivity index (χ0v) is 23.8. The molecule has 2 fully saturated rings. The summed E-state index contributed by atoms with van der Waals surface area (Å²) in [5, 5.41) is 0. The lowest BCUT2D eigenvalue weighted by atomic mass is 9.73. The monoisotopic (exact) mass is 500 g/mol. The first-order valence-corrected chi connectivity index (χ1v) is 13.6. The quantitative estimate of drug-likeness (QED) is 0.167. The molecule has 0 spiro atoms. The SMILES string of the molecule is C\C=C/C(=C\C=C\OCC1(C)CC1)C(C)(C)c1cccc(C(C)(C)c2ccc(OCC3(C)CO3)cc2)c1. The summed E-state index contributed by atoms with van der Waals surface area (Å²) in [5.41, 5.74) is 5.07. The van der Waals surface area contributed by atoms with Crippen LogP contribution in [0.2, 0.25) is 0 Å². The highest BCUT2D eigenvalue weighted by Gasteiger charge is 2.40. The van der Waals surface area contributed by atoms with E-state index in [4.69, 9.17) is 14.2 Å². The lowest BCUT2D eigenvalue weighted by Crippen LogP contribution is -2.23. The Morgan fingerprint density at radius 1 is 0.946 bits per heavy atom. The van der Waals surface area contributed by atoms with Crippen molar-refractivity contribution in [1.29, 1.82) is 0 Å². The number of benzene rings is 2. The fraction of sp³-hybridized carbons (Fsp3) is 0.471. The molecule has 2 aromatic carbocycles. The molecular formula is C34H44O3. The van der Waals surface area contributed by atoms with Gasteiger partial charge < -0.3 is 14.2 Å². The number of epoxide rings is 1. The van der Waals surface area contributed by atoms with Crippen LogP contribution in [0.25, 0.3) is 0 Å². The summed E-state index contributed by atoms with van der Waals surface area (Å²) in [6.45, 7) is 17.8. The summed E-state index contributed by atoms with van der Waals surface area (Å²) >= 11 is 0. The van der Waals surface area contributed by atoms with Gasteiger partial charge in [0, 0.05) is 16.2 Å². The van der Waals surface area contributed by atoms with Crippen molar-refractivity contribution in [1.82, 2.24) is 0 Å². The Bertz CT molecular complexity index is 1160. The van der Waals surface area contributed by atoms with E-state index in [1.165, 1.54) is 35.1 Å². The highest BCUT2D eigenvalue weighted by molar-refractivity contribution is 5.47. The Morgan fingerprint density at radius 3 is 2.24 bits per heavy atom. The van der Waals surface area contributed by atoms with Crippen LogP contribution in [-0.2, 0) is 20.3 Å². The third-order valence-corrected chi connectivity index (χ3v) is 8.12. The molecule has 37 heavy (non-hydrogen) atoms. The van der Waals surface area contributed by atoms with Crippen LogP contribution < -0.4 is 4.74 Å². The number of hydrogen-bond donors (Lipinski definition) is 0. The lowest BCUT2D eigenvalue weighted by molar-refractivity contribution is 0.192. The lowest BCUT2D eigenvalue weighted by Gasteiger charge is -2.31. The third-order valence-electron chi connectivity index (χ3n) is 8.12. The molecule has 1 aliphatic heterocycles. The standard InChI is InChI=1S/C34H44O3/c1-8-11-26(14-10-21-35-23-33(6)19-20-33)31(2,3)28-12-9-13-29(22-28)32(4,5)27-15-17-30(18-16-27)36-24-34(7)25-37-34/h8-18,21-22H,19-20,23-25H2,1-7H3/b11-8-,21-10+,26-14+. The summed E-state index contributed by atoms with van der Waals surface area (Å²) in [7, 11) is 0. The van der Waals surface area contributed by atoms with Gasteiger partial charge in [0.05, 0.1) is 19.5 Å². The molecule has 4 rings (SSSR count). The van der Waals surface area contributed by atoms with Crippen molar-refractivity contribution in [3.05, 3.63) is 101 Å². The molecule has 1 unspecified atom stereocenters. The van der Waals surface area contributed by atoms with Gasteiger partial charge in [-0.2, -0.15) is 0 Å². The van der Waals surface area contributed by atoms with Gasteiger partial charge in [-0.05, 0) is 67.2 Å². The molecule has 198 valence electrons. The van der Waals surface area contributed by atoms with Crippen LogP contribution in [0.1, 0.15) is 78.0 Å². The summed E-state index contributed by atoms with van der Waals surface area (Å²) in [5.74, 6) is 0.885. The van der Waals surface area contributed by atoms with E-state index in [1.54, 1.807) is 0 Å². The smallest absolute Gasteiger partial charge is 0.123 e. The Kier molecular flexibility index (Phi) is 7.76. The van der Waals surface area contributed by atoms with Gasteiger partial charge in [-0.25, -0.2) is 0 Å². The average molecular weight is 501 g/mol. The van der Waals surface area contributed by atoms with Crippen LogP contribution in [0.5, 0.6) is 5.75 Å². The largest absolute Gasteiger partial charge is 0.501 e. The van der Waals surface area contributed by atoms with Gasteiger partial charge in [-0.15, -0.1) is 0 Å². The highest BCUT2D eigenvalue weighted by Crippen LogP contribution is 2.45. The zero-order valence-electron chi connectivity index (χ0n) is 23.8. The van der Waals surface area contributed by atoms with E-state index < -0.39 is 0 Å². The first kappa shape index (κ1) is 27.3. The van der Waals surface area contributed by atoms with Gasteiger partial charge in [0.25, 0.3) is 0 Å². The van der Waals surface area contributed by atoms with Crippen molar-refractivity contribution in [2.24, 2.45) is 5.41 Å². The van der Waals surface area contributed by atoms with Gasteiger partial charge >= 0.3 is 0 Å². The molecule has 2 aliphatic rings. The molecule has 1 aliphatic carbocycles. The van der Waals surface area contributed by atoms with Crippen molar-refractivity contribution >= 4 is 0 Å². The molecule has 1 saturated heterocycles. The molecular weight excluding hydrogens is 456 g/mol. The van der Waals surface area contributed by atoms with Crippen LogP contribution in [-0.4, -0.2) is 25.4 Å². The molecule has 1 atom stereocenters. The molecule has 0 radical (unpaired) electrons. The van der Waals surface area contributed by atoms with E-state index in [0.717, 1.165) is 19.0 Å². The molecule has 2 aromatic rings. The van der Waals surface area contributed by atoms with E-state index in [1.807, 2.05) is 12.3 Å². The molecule has 0 aromatic heterocycles. The number of rotatable bonds is 12. The fourth-order valence-electron chi connectivity index (χ4n) is 4.50. The van der Waals surface area contributed by atoms with E-state index >= 15 is 0 Å². The average Bonchev–Trinajstić information content (AvgIpc) is 3.81. The topological polar surface area (TPSA) is 31.0 Å². The van der Waals surface area contributed by atoms with Gasteiger partial charge in [0.1, 0.15) is 18.0 Å². The molecule has 3 nitrogen and oxygen atoms in total. The zero-order chi connectivity index (χ0) is 26.7. The maximum atomic E-state index is 5.93. The van der Waals surface area contributed by atoms with Gasteiger partial charge in [0.2, 0.25) is 0 Å². The fourth-order valence-corrected chi connectivity index (χ4v) is 4.50. The molecule has 1 saturated carbocycles. The van der Waals surface area contributed by atoms with Crippen LogP contribution in [0.3, 0.4) is 0 Å². The maximum absolute atomic E-state index is 5.93. The van der Waals surface area contributed by atoms with E-state index in [2.05, 4.69) is 115 Å². The predicted octanol–water partition coefficient (Wildman–Crippen LogP) is 8.29.